The summed E-state index contributed by atoms with van der Waals surface area (Å²) in [6.45, 7) is 6.11. The average molecular weight is 646 g/mol. The number of benzene rings is 2. The largest absolute Gasteiger partial charge is 0.444 e. The van der Waals surface area contributed by atoms with Gasteiger partial charge >= 0.3 is 12.3 Å². The van der Waals surface area contributed by atoms with Crippen LogP contribution < -0.4 is 4.72 Å². The Balaban J connectivity index is 1.45. The summed E-state index contributed by atoms with van der Waals surface area (Å²) in [6.07, 6.45) is -4.85. The highest BCUT2D eigenvalue weighted by molar-refractivity contribution is 7.91. The van der Waals surface area contributed by atoms with Crippen molar-refractivity contribution in [2.45, 2.75) is 72.5 Å². The third kappa shape index (κ3) is 7.68. The van der Waals surface area contributed by atoms with E-state index in [1.54, 1.807) is 31.7 Å². The van der Waals surface area contributed by atoms with Crippen LogP contribution in [0.5, 0.6) is 0 Å². The second-order valence-electron chi connectivity index (χ2n) is 11.6. The molecule has 2 heterocycles. The number of ether oxygens (including phenoxy) is 1. The molecule has 2 fully saturated rings. The summed E-state index contributed by atoms with van der Waals surface area (Å²) < 4.78 is 102. The van der Waals surface area contributed by atoms with Gasteiger partial charge in [-0.25, -0.2) is 26.4 Å². The Hall–Kier alpha value is -3.17. The van der Waals surface area contributed by atoms with Crippen LogP contribution in [-0.2, 0) is 35.6 Å². The van der Waals surface area contributed by atoms with Crippen molar-refractivity contribution in [2.75, 3.05) is 26.2 Å². The number of sulfone groups is 1. The molecule has 2 aromatic carbocycles. The van der Waals surface area contributed by atoms with Crippen molar-refractivity contribution >= 4 is 31.9 Å². The number of sulfonamides is 1. The quantitative estimate of drug-likeness (QED) is 0.502. The topological polar surface area (TPSA) is 130 Å². The Morgan fingerprint density at radius 1 is 0.860 bits per heavy atom. The van der Waals surface area contributed by atoms with Gasteiger partial charge in [0.2, 0.25) is 25.8 Å². The number of nitrogens with zero attached hydrogens (tertiary/aromatic N) is 2. The van der Waals surface area contributed by atoms with Crippen LogP contribution in [0.3, 0.4) is 0 Å². The highest BCUT2D eigenvalue weighted by Gasteiger charge is 2.40. The van der Waals surface area contributed by atoms with Gasteiger partial charge in [-0.2, -0.15) is 13.2 Å². The van der Waals surface area contributed by atoms with Crippen LogP contribution in [0, 0.1) is 5.92 Å². The molecule has 0 spiro atoms. The number of nitrogens with one attached hydrogen (secondary N) is 1. The van der Waals surface area contributed by atoms with Gasteiger partial charge in [0.05, 0.1) is 26.2 Å². The van der Waals surface area contributed by atoms with Crippen LogP contribution in [0.25, 0.3) is 0 Å². The summed E-state index contributed by atoms with van der Waals surface area (Å²) in [6, 6.07) is 7.90. The van der Waals surface area contributed by atoms with Crippen molar-refractivity contribution in [1.82, 2.24) is 14.5 Å². The number of amides is 2. The molecule has 0 unspecified atom stereocenters. The fourth-order valence-electron chi connectivity index (χ4n) is 5.08. The molecule has 43 heavy (non-hydrogen) atoms. The number of rotatable bonds is 6. The van der Waals surface area contributed by atoms with Gasteiger partial charge in [-0.1, -0.05) is 18.2 Å². The van der Waals surface area contributed by atoms with Crippen molar-refractivity contribution in [3.63, 3.8) is 0 Å². The van der Waals surface area contributed by atoms with Crippen molar-refractivity contribution in [2.24, 2.45) is 5.92 Å². The summed E-state index contributed by atoms with van der Waals surface area (Å²) in [4.78, 5) is 26.5. The van der Waals surface area contributed by atoms with Gasteiger partial charge in [0.15, 0.2) is 0 Å². The van der Waals surface area contributed by atoms with Gasteiger partial charge < -0.3 is 14.5 Å². The lowest BCUT2D eigenvalue weighted by molar-refractivity contribution is -0.140. The third-order valence-electron chi connectivity index (χ3n) is 7.23. The first-order valence-corrected chi connectivity index (χ1v) is 16.7. The second kappa shape index (κ2) is 12.1. The molecule has 0 aromatic heterocycles. The second-order valence-corrected chi connectivity index (χ2v) is 15.2. The van der Waals surface area contributed by atoms with Crippen molar-refractivity contribution in [3.05, 3.63) is 54.1 Å². The molecule has 2 aliphatic heterocycles. The molecule has 0 saturated carbocycles. The van der Waals surface area contributed by atoms with E-state index < -0.39 is 65.0 Å². The molecular formula is C28H34F3N3O7S2. The lowest BCUT2D eigenvalue weighted by atomic mass is 10.0. The van der Waals surface area contributed by atoms with Crippen molar-refractivity contribution in [1.29, 1.82) is 0 Å². The van der Waals surface area contributed by atoms with E-state index in [1.165, 1.54) is 29.2 Å². The molecule has 236 valence electrons. The van der Waals surface area contributed by atoms with Crippen LogP contribution >= 0.6 is 0 Å². The van der Waals surface area contributed by atoms with E-state index in [0.29, 0.717) is 25.1 Å². The van der Waals surface area contributed by atoms with E-state index in [-0.39, 0.29) is 43.3 Å². The summed E-state index contributed by atoms with van der Waals surface area (Å²) in [5.74, 6) is -0.630. The number of alkyl halides is 3. The molecule has 10 nitrogen and oxygen atoms in total. The Labute approximate surface area is 249 Å². The molecule has 2 saturated heterocycles. The predicted molar refractivity (Wildman–Crippen MR) is 149 cm³/mol. The first-order valence-electron chi connectivity index (χ1n) is 13.7. The van der Waals surface area contributed by atoms with E-state index >= 15 is 0 Å². The molecule has 0 bridgehead atoms. The Kier molecular flexibility index (Phi) is 9.20. The number of piperidine rings is 1. The van der Waals surface area contributed by atoms with Crippen LogP contribution in [0.1, 0.15) is 45.6 Å². The monoisotopic (exact) mass is 645 g/mol. The van der Waals surface area contributed by atoms with Crippen LogP contribution in [0.4, 0.5) is 18.0 Å². The summed E-state index contributed by atoms with van der Waals surface area (Å²) in [7, 11) is -9.12. The minimum atomic E-state index is -5.07. The normalized spacial score (nSPS) is 19.0. The Morgan fingerprint density at radius 2 is 1.47 bits per heavy atom. The Bertz CT molecular complexity index is 1570. The van der Waals surface area contributed by atoms with Gasteiger partial charge in [0, 0.05) is 32.2 Å². The first-order chi connectivity index (χ1) is 19.9. The van der Waals surface area contributed by atoms with Gasteiger partial charge in [0.1, 0.15) is 5.60 Å². The summed E-state index contributed by atoms with van der Waals surface area (Å²) >= 11 is 0. The minimum absolute atomic E-state index is 0.136. The zero-order valence-electron chi connectivity index (χ0n) is 23.9. The molecule has 2 aliphatic rings. The lowest BCUT2D eigenvalue weighted by Crippen LogP contribution is -2.48. The molecule has 1 N–H and O–H groups in total. The zero-order chi connectivity index (χ0) is 31.8. The number of carbonyl (C=O) groups is 2. The van der Waals surface area contributed by atoms with Crippen LogP contribution in [-0.4, -0.2) is 76.5 Å². The van der Waals surface area contributed by atoms with Gasteiger partial charge in [-0.05, 0) is 70.4 Å². The van der Waals surface area contributed by atoms with Crippen LogP contribution in [0.2, 0.25) is 0 Å². The lowest BCUT2D eigenvalue weighted by Gasteiger charge is -2.34. The molecule has 15 heteroatoms. The zero-order valence-corrected chi connectivity index (χ0v) is 25.6. The van der Waals surface area contributed by atoms with Crippen LogP contribution in [0.15, 0.2) is 63.2 Å². The Morgan fingerprint density at radius 3 is 2.05 bits per heavy atom. The maximum absolute atomic E-state index is 13.8. The maximum atomic E-state index is 13.8. The standard InChI is InChI=1S/C28H34F3N3O7S2/c1-27(2,3)41-26(36)34-14-11-19(18-34)25(35)33-15-12-20(13-16-33)32-43(39,40)24-17-22(9-10-23(24)28(29,30)31)42(37,38)21-7-5-4-6-8-21/h4-10,17,19-20,32H,11-16,18H2,1-3H3/t19-/m0/s1. The predicted octanol–water partition coefficient (Wildman–Crippen LogP) is 4.06. The molecule has 2 amide bonds. The maximum Gasteiger partial charge on any atom is 0.417 e. The average Bonchev–Trinajstić information content (AvgIpc) is 3.42. The summed E-state index contributed by atoms with van der Waals surface area (Å²) in [5, 5.41) is 0. The van der Waals surface area contributed by atoms with Gasteiger partial charge in [-0.3, -0.25) is 4.79 Å². The molecule has 4 rings (SSSR count). The smallest absolute Gasteiger partial charge is 0.417 e. The number of halogens is 3. The highest BCUT2D eigenvalue weighted by Crippen LogP contribution is 2.36. The van der Waals surface area contributed by atoms with E-state index in [9.17, 15) is 39.6 Å². The van der Waals surface area contributed by atoms with Crippen molar-refractivity contribution < 1.29 is 44.3 Å². The number of hydrogen-bond donors (Lipinski definition) is 1. The van der Waals surface area contributed by atoms with E-state index in [2.05, 4.69) is 4.72 Å². The van der Waals surface area contributed by atoms with E-state index in [0.717, 1.165) is 6.07 Å². The van der Waals surface area contributed by atoms with Gasteiger partial charge in [-0.15, -0.1) is 0 Å². The number of carbonyl (C=O) groups excluding carboxylic acids is 2. The molecule has 0 radical (unpaired) electrons. The molecule has 2 aromatic rings. The first kappa shape index (κ1) is 32.7. The summed E-state index contributed by atoms with van der Waals surface area (Å²) in [5.41, 5.74) is -2.16. The van der Waals surface area contributed by atoms with Gasteiger partial charge in [0.25, 0.3) is 0 Å². The third-order valence-corrected chi connectivity index (χ3v) is 10.6. The van der Waals surface area contributed by atoms with Crippen molar-refractivity contribution in [3.8, 4) is 0 Å². The highest BCUT2D eigenvalue weighted by atomic mass is 32.2. The molecule has 1 atom stereocenters. The number of likely N-dealkylation sites (tertiary alicyclic amines) is 2. The molecular weight excluding hydrogens is 611 g/mol. The fraction of sp³-hybridized carbons (Fsp3) is 0.500. The van der Waals surface area contributed by atoms with E-state index in [4.69, 9.17) is 4.74 Å². The minimum Gasteiger partial charge on any atom is -0.444 e. The molecule has 0 aliphatic carbocycles. The van der Waals surface area contributed by atoms with E-state index in [1.807, 2.05) is 0 Å². The SMILES string of the molecule is CC(C)(C)OC(=O)N1CC[C@H](C(=O)N2CCC(NS(=O)(=O)c3cc(S(=O)(=O)c4ccccc4)ccc3C(F)(F)F)CC2)C1. The fourth-order valence-corrected chi connectivity index (χ4v) is 8.01. The number of hydrogen-bond acceptors (Lipinski definition) is 7.